The number of nitrogens with one attached hydrogen (secondary N) is 2. The Morgan fingerprint density at radius 2 is 1.77 bits per heavy atom. The molecule has 2 aliphatic heterocycles. The summed E-state index contributed by atoms with van der Waals surface area (Å²) in [6.45, 7) is 3.75. The van der Waals surface area contributed by atoms with Crippen LogP contribution < -0.4 is 15.5 Å². The Morgan fingerprint density at radius 1 is 1.02 bits per heavy atom. The molecule has 0 saturated carbocycles. The molecule has 3 heterocycles. The zero-order valence-corrected chi connectivity index (χ0v) is 24.6. The zero-order valence-electron chi connectivity index (χ0n) is 21.5. The fourth-order valence-corrected chi connectivity index (χ4v) is 5.96. The Morgan fingerprint density at radius 3 is 2.48 bits per heavy atom. The normalized spacial score (nSPS) is 14.9. The lowest BCUT2D eigenvalue weighted by molar-refractivity contribution is 0.102. The van der Waals surface area contributed by atoms with Gasteiger partial charge in [-0.1, -0.05) is 34.8 Å². The van der Waals surface area contributed by atoms with Gasteiger partial charge in [0.1, 0.15) is 11.5 Å². The number of carbonyl (C=O) groups is 2. The standard InChI is InChI=1S/C27H26Cl3N5O4S/c1-34(27-31-6-9-39-27)14-16-15-40-24(22(16)30)26(37)33-23-20(25(36)32-19-4-2-17(28)3-5-19)12-18(29)13-21(23)35-7-10-38-11-8-35/h2-5,12-13,15H,6-11,14H2,1H3,(H,32,36)(H,33,37). The molecule has 9 nitrogen and oxygen atoms in total. The van der Waals surface area contributed by atoms with E-state index in [9.17, 15) is 9.59 Å². The van der Waals surface area contributed by atoms with Crippen LogP contribution in [-0.2, 0) is 16.0 Å². The third-order valence-electron chi connectivity index (χ3n) is 6.33. The number of anilines is 3. The molecule has 1 fully saturated rings. The molecule has 3 aromatic rings. The van der Waals surface area contributed by atoms with E-state index in [1.807, 2.05) is 22.2 Å². The third kappa shape index (κ3) is 6.47. The molecular formula is C27H26Cl3N5O4S. The predicted molar refractivity (Wildman–Crippen MR) is 161 cm³/mol. The monoisotopic (exact) mass is 621 g/mol. The first kappa shape index (κ1) is 28.5. The highest BCUT2D eigenvalue weighted by molar-refractivity contribution is 7.13. The lowest BCUT2D eigenvalue weighted by Gasteiger charge is -2.31. The molecule has 13 heteroatoms. The van der Waals surface area contributed by atoms with Crippen LogP contribution in [0.4, 0.5) is 17.1 Å². The fraction of sp³-hybridized carbons (Fsp3) is 0.296. The van der Waals surface area contributed by atoms with E-state index in [1.165, 1.54) is 17.4 Å². The van der Waals surface area contributed by atoms with Gasteiger partial charge in [0, 0.05) is 48.0 Å². The molecule has 2 aromatic carbocycles. The lowest BCUT2D eigenvalue weighted by Crippen LogP contribution is -2.37. The van der Waals surface area contributed by atoms with Crippen molar-refractivity contribution in [3.8, 4) is 0 Å². The molecule has 2 aliphatic rings. The Kier molecular flexibility index (Phi) is 9.02. The largest absolute Gasteiger partial charge is 0.463 e. The third-order valence-corrected chi connectivity index (χ3v) is 8.37. The summed E-state index contributed by atoms with van der Waals surface area (Å²) in [4.78, 5) is 35.6. The first-order chi connectivity index (χ1) is 19.3. The molecule has 2 N–H and O–H groups in total. The number of rotatable bonds is 7. The summed E-state index contributed by atoms with van der Waals surface area (Å²) in [5.41, 5.74) is 2.48. The highest BCUT2D eigenvalue weighted by atomic mass is 35.5. The Balaban J connectivity index is 1.45. The summed E-state index contributed by atoms with van der Waals surface area (Å²) in [6, 6.07) is 10.6. The average Bonchev–Trinajstić information content (AvgIpc) is 3.62. The molecule has 1 saturated heterocycles. The maximum atomic E-state index is 13.6. The van der Waals surface area contributed by atoms with Crippen molar-refractivity contribution in [3.05, 3.63) is 72.9 Å². The number of hydrogen-bond acceptors (Lipinski definition) is 8. The van der Waals surface area contributed by atoms with Gasteiger partial charge in [0.15, 0.2) is 0 Å². The fourth-order valence-electron chi connectivity index (χ4n) is 4.38. The number of carbonyl (C=O) groups excluding carboxylic acids is 2. The summed E-state index contributed by atoms with van der Waals surface area (Å²) in [6.07, 6.45) is 0. The lowest BCUT2D eigenvalue weighted by atomic mass is 10.1. The molecule has 0 spiro atoms. The Hall–Kier alpha value is -3.02. The minimum Gasteiger partial charge on any atom is -0.463 e. The first-order valence-corrected chi connectivity index (χ1v) is 14.5. The van der Waals surface area contributed by atoms with Gasteiger partial charge >= 0.3 is 0 Å². The number of ether oxygens (including phenoxy) is 2. The number of halogens is 3. The summed E-state index contributed by atoms with van der Waals surface area (Å²) in [5.74, 6) is -0.873. The number of amides is 2. The van der Waals surface area contributed by atoms with E-state index < -0.39 is 11.8 Å². The predicted octanol–water partition coefficient (Wildman–Crippen LogP) is 5.87. The molecule has 5 rings (SSSR count). The zero-order chi connectivity index (χ0) is 28.2. The van der Waals surface area contributed by atoms with Crippen molar-refractivity contribution in [2.24, 2.45) is 4.99 Å². The van der Waals surface area contributed by atoms with Gasteiger partial charge in [-0.15, -0.1) is 11.3 Å². The maximum Gasteiger partial charge on any atom is 0.287 e. The van der Waals surface area contributed by atoms with E-state index in [0.717, 1.165) is 5.56 Å². The van der Waals surface area contributed by atoms with Gasteiger partial charge < -0.3 is 29.9 Å². The Bertz CT molecular complexity index is 1440. The second-order valence-corrected chi connectivity index (χ2v) is 11.3. The van der Waals surface area contributed by atoms with Crippen molar-refractivity contribution in [1.29, 1.82) is 0 Å². The van der Waals surface area contributed by atoms with Crippen LogP contribution >= 0.6 is 46.1 Å². The van der Waals surface area contributed by atoms with Crippen LogP contribution in [0.25, 0.3) is 0 Å². The van der Waals surface area contributed by atoms with Gasteiger partial charge in [0.2, 0.25) is 0 Å². The number of amidine groups is 1. The summed E-state index contributed by atoms with van der Waals surface area (Å²) < 4.78 is 11.0. The maximum absolute atomic E-state index is 13.6. The second-order valence-electron chi connectivity index (χ2n) is 9.13. The topological polar surface area (TPSA) is 95.5 Å². The molecule has 0 radical (unpaired) electrons. The van der Waals surface area contributed by atoms with E-state index in [-0.39, 0.29) is 5.56 Å². The smallest absolute Gasteiger partial charge is 0.287 e. The van der Waals surface area contributed by atoms with Crippen molar-refractivity contribution < 1.29 is 19.1 Å². The van der Waals surface area contributed by atoms with Crippen LogP contribution in [0.1, 0.15) is 25.6 Å². The molecule has 2 amide bonds. The number of thiophene rings is 1. The van der Waals surface area contributed by atoms with E-state index in [2.05, 4.69) is 15.6 Å². The number of benzene rings is 2. The second kappa shape index (κ2) is 12.7. The summed E-state index contributed by atoms with van der Waals surface area (Å²) in [7, 11) is 1.85. The van der Waals surface area contributed by atoms with E-state index in [1.54, 1.807) is 30.3 Å². The quantitative estimate of drug-likeness (QED) is 0.342. The highest BCUT2D eigenvalue weighted by Crippen LogP contribution is 2.37. The summed E-state index contributed by atoms with van der Waals surface area (Å²) >= 11 is 20.4. The molecule has 0 aliphatic carbocycles. The van der Waals surface area contributed by atoms with Gasteiger partial charge in [-0.3, -0.25) is 9.59 Å². The molecule has 40 heavy (non-hydrogen) atoms. The van der Waals surface area contributed by atoms with Crippen molar-refractivity contribution in [1.82, 2.24) is 4.90 Å². The van der Waals surface area contributed by atoms with Crippen molar-refractivity contribution >= 4 is 81.0 Å². The molecule has 0 unspecified atom stereocenters. The number of hydrogen-bond donors (Lipinski definition) is 2. The number of morpholine rings is 1. The van der Waals surface area contributed by atoms with Crippen LogP contribution in [0.15, 0.2) is 46.8 Å². The minimum absolute atomic E-state index is 0.210. The van der Waals surface area contributed by atoms with Crippen LogP contribution in [-0.4, -0.2) is 69.2 Å². The minimum atomic E-state index is -0.438. The van der Waals surface area contributed by atoms with Crippen LogP contribution in [0.3, 0.4) is 0 Å². The SMILES string of the molecule is CN(Cc1csc(C(=O)Nc2c(C(=O)Nc3ccc(Cl)cc3)cc(Cl)cc2N2CCOCC2)c1Cl)C1=NCCO1. The number of nitrogens with zero attached hydrogens (tertiary/aromatic N) is 3. The van der Waals surface area contributed by atoms with E-state index >= 15 is 0 Å². The van der Waals surface area contributed by atoms with Crippen molar-refractivity contribution in [3.63, 3.8) is 0 Å². The van der Waals surface area contributed by atoms with E-state index in [4.69, 9.17) is 44.3 Å². The van der Waals surface area contributed by atoms with E-state index in [0.29, 0.717) is 89.0 Å². The van der Waals surface area contributed by atoms with Gasteiger partial charge in [-0.05, 0) is 41.8 Å². The molecule has 0 bridgehead atoms. The van der Waals surface area contributed by atoms with Gasteiger partial charge in [0.05, 0.1) is 41.7 Å². The Labute approximate surface area is 250 Å². The average molecular weight is 623 g/mol. The highest BCUT2D eigenvalue weighted by Gasteiger charge is 2.26. The number of aliphatic imine (C=N–C) groups is 1. The van der Waals surface area contributed by atoms with Crippen molar-refractivity contribution in [2.45, 2.75) is 6.54 Å². The van der Waals surface area contributed by atoms with Crippen LogP contribution in [0.5, 0.6) is 0 Å². The van der Waals surface area contributed by atoms with Gasteiger partial charge in [-0.2, -0.15) is 0 Å². The molecular weight excluding hydrogens is 597 g/mol. The van der Waals surface area contributed by atoms with Crippen LogP contribution in [0.2, 0.25) is 15.1 Å². The molecule has 210 valence electrons. The van der Waals surface area contributed by atoms with Gasteiger partial charge in [0.25, 0.3) is 17.8 Å². The van der Waals surface area contributed by atoms with Crippen LogP contribution in [0, 0.1) is 0 Å². The van der Waals surface area contributed by atoms with Gasteiger partial charge in [-0.25, -0.2) is 4.99 Å². The first-order valence-electron chi connectivity index (χ1n) is 12.5. The summed E-state index contributed by atoms with van der Waals surface area (Å²) in [5, 5.41) is 8.89. The molecule has 1 aromatic heterocycles. The van der Waals surface area contributed by atoms with Crippen molar-refractivity contribution in [2.75, 3.05) is 62.0 Å². The molecule has 0 atom stereocenters.